The minimum absolute atomic E-state index is 0.119. The number of hydrogen-bond donors (Lipinski definition) is 1. The van der Waals surface area contributed by atoms with E-state index in [9.17, 15) is 13.6 Å². The molecule has 0 radical (unpaired) electrons. The van der Waals surface area contributed by atoms with Gasteiger partial charge in [0, 0.05) is 23.9 Å². The summed E-state index contributed by atoms with van der Waals surface area (Å²) in [5.41, 5.74) is 0.367. The molecule has 6 heteroatoms. The average Bonchev–Trinajstić information content (AvgIpc) is 2.36. The van der Waals surface area contributed by atoms with Gasteiger partial charge < -0.3 is 5.11 Å². The summed E-state index contributed by atoms with van der Waals surface area (Å²) in [4.78, 5) is 18.2. The molecule has 0 atom stereocenters. The van der Waals surface area contributed by atoms with Gasteiger partial charge in [0.1, 0.15) is 11.6 Å². The van der Waals surface area contributed by atoms with E-state index in [0.29, 0.717) is 0 Å². The molecular formula is C13H8F2N2O2. The van der Waals surface area contributed by atoms with Crippen molar-refractivity contribution < 1.29 is 18.7 Å². The fourth-order valence-electron chi connectivity index (χ4n) is 1.45. The molecular weight excluding hydrogens is 254 g/mol. The highest BCUT2D eigenvalue weighted by Crippen LogP contribution is 2.21. The third-order valence-corrected chi connectivity index (χ3v) is 2.26. The number of hydrogen-bond acceptors (Lipinski definition) is 3. The van der Waals surface area contributed by atoms with Gasteiger partial charge in [0.05, 0.1) is 5.69 Å². The first-order chi connectivity index (χ1) is 9.06. The molecule has 1 heterocycles. The zero-order chi connectivity index (χ0) is 13.8. The molecule has 1 aromatic heterocycles. The van der Waals surface area contributed by atoms with Crippen LogP contribution in [0.15, 0.2) is 36.5 Å². The van der Waals surface area contributed by atoms with Gasteiger partial charge >= 0.3 is 5.97 Å². The van der Waals surface area contributed by atoms with Crippen LogP contribution in [-0.4, -0.2) is 21.0 Å². The van der Waals surface area contributed by atoms with Gasteiger partial charge in [-0.25, -0.2) is 23.5 Å². The van der Waals surface area contributed by atoms with Crippen molar-refractivity contribution in [3.8, 4) is 11.3 Å². The van der Waals surface area contributed by atoms with Gasteiger partial charge in [-0.05, 0) is 24.3 Å². The molecule has 0 aliphatic heterocycles. The smallest absolute Gasteiger partial charge is 0.328 e. The van der Waals surface area contributed by atoms with Crippen LogP contribution < -0.4 is 0 Å². The molecule has 96 valence electrons. The normalized spacial score (nSPS) is 10.8. The van der Waals surface area contributed by atoms with Gasteiger partial charge in [-0.1, -0.05) is 0 Å². The van der Waals surface area contributed by atoms with Gasteiger partial charge in [-0.15, -0.1) is 0 Å². The third-order valence-electron chi connectivity index (χ3n) is 2.26. The summed E-state index contributed by atoms with van der Waals surface area (Å²) in [5.74, 6) is -2.43. The Labute approximate surface area is 107 Å². The quantitative estimate of drug-likeness (QED) is 0.863. The summed E-state index contributed by atoms with van der Waals surface area (Å²) in [6, 6.07) is 4.59. The first-order valence-electron chi connectivity index (χ1n) is 5.26. The Balaban J connectivity index is 2.40. The second-order valence-corrected chi connectivity index (χ2v) is 3.60. The van der Waals surface area contributed by atoms with Crippen LogP contribution in [0.25, 0.3) is 17.3 Å². The largest absolute Gasteiger partial charge is 0.478 e. The average molecular weight is 262 g/mol. The monoisotopic (exact) mass is 262 g/mol. The first kappa shape index (κ1) is 12.8. The summed E-state index contributed by atoms with van der Waals surface area (Å²) < 4.78 is 26.4. The lowest BCUT2D eigenvalue weighted by Gasteiger charge is -2.03. The topological polar surface area (TPSA) is 63.1 Å². The number of aromatic nitrogens is 2. The van der Waals surface area contributed by atoms with Crippen LogP contribution in [0, 0.1) is 11.6 Å². The van der Waals surface area contributed by atoms with Gasteiger partial charge in [-0.2, -0.15) is 0 Å². The molecule has 0 aliphatic rings. The van der Waals surface area contributed by atoms with E-state index in [2.05, 4.69) is 9.97 Å². The molecule has 0 spiro atoms. The van der Waals surface area contributed by atoms with Crippen molar-refractivity contribution >= 4 is 12.0 Å². The van der Waals surface area contributed by atoms with E-state index < -0.39 is 17.6 Å². The summed E-state index contributed by atoms with van der Waals surface area (Å²) in [6.45, 7) is 0. The maximum Gasteiger partial charge on any atom is 0.328 e. The lowest BCUT2D eigenvalue weighted by molar-refractivity contribution is -0.131. The Morgan fingerprint density at radius 3 is 2.74 bits per heavy atom. The Morgan fingerprint density at radius 1 is 1.26 bits per heavy atom. The summed E-state index contributed by atoms with van der Waals surface area (Å²) >= 11 is 0. The van der Waals surface area contributed by atoms with Crippen LogP contribution in [-0.2, 0) is 4.79 Å². The number of halogens is 2. The highest BCUT2D eigenvalue weighted by atomic mass is 19.1. The number of rotatable bonds is 3. The van der Waals surface area contributed by atoms with Crippen molar-refractivity contribution in [1.82, 2.24) is 9.97 Å². The number of carbonyl (C=O) groups is 1. The van der Waals surface area contributed by atoms with Crippen molar-refractivity contribution in [3.05, 3.63) is 54.0 Å². The predicted molar refractivity (Wildman–Crippen MR) is 64.1 cm³/mol. The van der Waals surface area contributed by atoms with E-state index in [1.54, 1.807) is 0 Å². The van der Waals surface area contributed by atoms with Crippen LogP contribution in [0.5, 0.6) is 0 Å². The van der Waals surface area contributed by atoms with Crippen LogP contribution in [0.4, 0.5) is 8.78 Å². The second kappa shape index (κ2) is 5.34. The zero-order valence-electron chi connectivity index (χ0n) is 9.55. The SMILES string of the molecule is O=C(O)/C=C/c1nccc(-c2ccc(F)cc2F)n1. The zero-order valence-corrected chi connectivity index (χ0v) is 9.55. The Morgan fingerprint density at radius 2 is 2.05 bits per heavy atom. The van der Waals surface area contributed by atoms with Crippen molar-refractivity contribution in [3.63, 3.8) is 0 Å². The number of nitrogens with zero attached hydrogens (tertiary/aromatic N) is 2. The molecule has 1 N–H and O–H groups in total. The summed E-state index contributed by atoms with van der Waals surface area (Å²) in [7, 11) is 0. The Hall–Kier alpha value is -2.63. The van der Waals surface area contributed by atoms with Crippen LogP contribution in [0.1, 0.15) is 5.82 Å². The molecule has 0 fully saturated rings. The van der Waals surface area contributed by atoms with Crippen LogP contribution in [0.2, 0.25) is 0 Å². The fourth-order valence-corrected chi connectivity index (χ4v) is 1.45. The minimum atomic E-state index is -1.14. The van der Waals surface area contributed by atoms with E-state index >= 15 is 0 Å². The predicted octanol–water partition coefficient (Wildman–Crippen LogP) is 2.52. The number of benzene rings is 1. The van der Waals surface area contributed by atoms with E-state index in [0.717, 1.165) is 18.2 Å². The molecule has 0 saturated carbocycles. The second-order valence-electron chi connectivity index (χ2n) is 3.60. The highest BCUT2D eigenvalue weighted by Gasteiger charge is 2.08. The number of aliphatic carboxylic acids is 1. The van der Waals surface area contributed by atoms with E-state index in [-0.39, 0.29) is 17.1 Å². The standard InChI is InChI=1S/C13H8F2N2O2/c14-8-1-2-9(10(15)7-8)11-5-6-16-12(17-11)3-4-13(18)19/h1-7H,(H,18,19)/b4-3+. The molecule has 1 aromatic carbocycles. The van der Waals surface area contributed by atoms with Gasteiger partial charge in [-0.3, -0.25) is 0 Å². The summed E-state index contributed by atoms with van der Waals surface area (Å²) in [5, 5.41) is 8.49. The van der Waals surface area contributed by atoms with E-state index in [4.69, 9.17) is 5.11 Å². The van der Waals surface area contributed by atoms with Crippen molar-refractivity contribution in [2.24, 2.45) is 0 Å². The van der Waals surface area contributed by atoms with Gasteiger partial charge in [0.15, 0.2) is 5.82 Å². The van der Waals surface area contributed by atoms with Crippen molar-refractivity contribution in [1.29, 1.82) is 0 Å². The third kappa shape index (κ3) is 3.19. The van der Waals surface area contributed by atoms with Crippen molar-refractivity contribution in [2.45, 2.75) is 0 Å². The molecule has 19 heavy (non-hydrogen) atoms. The molecule has 0 bridgehead atoms. The molecule has 4 nitrogen and oxygen atoms in total. The molecule has 0 aliphatic carbocycles. The van der Waals surface area contributed by atoms with E-state index in [1.807, 2.05) is 0 Å². The minimum Gasteiger partial charge on any atom is -0.478 e. The number of carboxylic acid groups (broad SMARTS) is 1. The summed E-state index contributed by atoms with van der Waals surface area (Å²) in [6.07, 6.45) is 3.43. The highest BCUT2D eigenvalue weighted by molar-refractivity contribution is 5.84. The molecule has 2 aromatic rings. The molecule has 0 unspecified atom stereocenters. The van der Waals surface area contributed by atoms with Gasteiger partial charge in [0.2, 0.25) is 0 Å². The maximum atomic E-state index is 13.6. The fraction of sp³-hybridized carbons (Fsp3) is 0. The molecule has 0 saturated heterocycles. The lowest BCUT2D eigenvalue weighted by atomic mass is 10.1. The Kier molecular flexibility index (Phi) is 3.61. The van der Waals surface area contributed by atoms with Crippen LogP contribution >= 0.6 is 0 Å². The first-order valence-corrected chi connectivity index (χ1v) is 5.26. The number of carboxylic acids is 1. The Bertz CT molecular complexity index is 657. The van der Waals surface area contributed by atoms with E-state index in [1.165, 1.54) is 24.4 Å². The maximum absolute atomic E-state index is 13.6. The van der Waals surface area contributed by atoms with Crippen molar-refractivity contribution in [2.75, 3.05) is 0 Å². The molecule has 2 rings (SSSR count). The van der Waals surface area contributed by atoms with Crippen LogP contribution in [0.3, 0.4) is 0 Å². The van der Waals surface area contributed by atoms with Gasteiger partial charge in [0.25, 0.3) is 0 Å². The lowest BCUT2D eigenvalue weighted by Crippen LogP contribution is -1.94. The molecule has 0 amide bonds.